The van der Waals surface area contributed by atoms with Gasteiger partial charge in [0.05, 0.1) is 16.6 Å². The summed E-state index contributed by atoms with van der Waals surface area (Å²) in [6, 6.07) is 10.2. The lowest BCUT2D eigenvalue weighted by atomic mass is 10.0. The number of halogens is 6. The summed E-state index contributed by atoms with van der Waals surface area (Å²) in [4.78, 5) is 25.4. The summed E-state index contributed by atoms with van der Waals surface area (Å²) >= 11 is 18.0. The molecule has 0 aliphatic heterocycles. The minimum absolute atomic E-state index is 0.0508. The molecule has 0 aliphatic rings. The molecule has 7 nitrogen and oxygen atoms in total. The van der Waals surface area contributed by atoms with Gasteiger partial charge in [0.25, 0.3) is 0 Å². The lowest BCUT2D eigenvalue weighted by Crippen LogP contribution is -2.37. The molecule has 0 spiro atoms. The Balaban J connectivity index is 1.81. The molecule has 3 N–H and O–H groups in total. The Hall–Kier alpha value is -2.37. The SMILES string of the molecule is NC(CCC(=O)Cn1nc(-c2ccc(Cl)cc2)n(C[C@H](O)C(F)(F)F)c1=O)c1cccc(Cl)c1Cl. The zero-order valence-corrected chi connectivity index (χ0v) is 20.2. The van der Waals surface area contributed by atoms with Crippen molar-refractivity contribution in [3.63, 3.8) is 0 Å². The fourth-order valence-electron chi connectivity index (χ4n) is 3.32. The first kappa shape index (κ1) is 27.2. The van der Waals surface area contributed by atoms with Crippen LogP contribution in [0.2, 0.25) is 15.1 Å². The topological polar surface area (TPSA) is 103 Å². The summed E-state index contributed by atoms with van der Waals surface area (Å²) in [6.45, 7) is -1.59. The third kappa shape index (κ3) is 6.65. The van der Waals surface area contributed by atoms with E-state index in [1.54, 1.807) is 18.2 Å². The first-order valence-electron chi connectivity index (χ1n) is 10.3. The number of hydrogen-bond acceptors (Lipinski definition) is 5. The normalized spacial score (nSPS) is 13.6. The Morgan fingerprint density at radius 2 is 1.77 bits per heavy atom. The molecule has 13 heteroatoms. The number of hydrogen-bond donors (Lipinski definition) is 2. The highest BCUT2D eigenvalue weighted by molar-refractivity contribution is 6.42. The van der Waals surface area contributed by atoms with Gasteiger partial charge in [-0.2, -0.15) is 13.2 Å². The van der Waals surface area contributed by atoms with Gasteiger partial charge in [-0.15, -0.1) is 5.10 Å². The van der Waals surface area contributed by atoms with E-state index in [1.165, 1.54) is 24.3 Å². The van der Waals surface area contributed by atoms with Crippen LogP contribution in [0.5, 0.6) is 0 Å². The molecule has 1 heterocycles. The van der Waals surface area contributed by atoms with E-state index < -0.39 is 42.9 Å². The second kappa shape index (κ2) is 11.1. The monoisotopic (exact) mass is 550 g/mol. The largest absolute Gasteiger partial charge is 0.416 e. The van der Waals surface area contributed by atoms with Crippen LogP contribution < -0.4 is 11.4 Å². The minimum atomic E-state index is -4.95. The van der Waals surface area contributed by atoms with Crippen LogP contribution in [0.15, 0.2) is 47.3 Å². The molecule has 1 unspecified atom stereocenters. The molecule has 3 rings (SSSR count). The standard InChI is InChI=1S/C22H20Cl3F3N4O3/c23-13-6-4-12(5-7-13)20-30-32(21(35)31(20)11-18(34)22(26,27)28)10-14(33)8-9-17(29)15-2-1-3-16(24)19(15)25/h1-7,17-18,34H,8-11,29H2/t17?,18-/m0/s1. The number of nitrogens with zero attached hydrogens (tertiary/aromatic N) is 3. The maximum atomic E-state index is 12.9. The fraction of sp³-hybridized carbons (Fsp3) is 0.318. The van der Waals surface area contributed by atoms with Crippen LogP contribution in [0.1, 0.15) is 24.4 Å². The first-order chi connectivity index (χ1) is 16.4. The van der Waals surface area contributed by atoms with Crippen LogP contribution in [0.25, 0.3) is 11.4 Å². The molecule has 188 valence electrons. The van der Waals surface area contributed by atoms with E-state index in [4.69, 9.17) is 40.5 Å². The highest BCUT2D eigenvalue weighted by atomic mass is 35.5. The number of ketones is 1. The average Bonchev–Trinajstić information content (AvgIpc) is 3.09. The number of nitrogens with two attached hydrogens (primary N) is 1. The Bertz CT molecular complexity index is 1260. The summed E-state index contributed by atoms with van der Waals surface area (Å²) in [6.07, 6.45) is -7.62. The van der Waals surface area contributed by atoms with Gasteiger partial charge in [0.15, 0.2) is 17.7 Å². The van der Waals surface area contributed by atoms with Crippen LogP contribution in [0, 0.1) is 0 Å². The average molecular weight is 552 g/mol. The number of aliphatic hydroxyl groups is 1. The van der Waals surface area contributed by atoms with Gasteiger partial charge >= 0.3 is 11.9 Å². The van der Waals surface area contributed by atoms with E-state index >= 15 is 0 Å². The Kier molecular flexibility index (Phi) is 8.66. The highest BCUT2D eigenvalue weighted by Crippen LogP contribution is 2.31. The van der Waals surface area contributed by atoms with E-state index in [1.807, 2.05) is 0 Å². The Morgan fingerprint density at radius 1 is 1.11 bits per heavy atom. The van der Waals surface area contributed by atoms with Crippen molar-refractivity contribution in [3.8, 4) is 11.4 Å². The van der Waals surface area contributed by atoms with Crippen LogP contribution >= 0.6 is 34.8 Å². The lowest BCUT2D eigenvalue weighted by Gasteiger charge is -2.15. The van der Waals surface area contributed by atoms with Gasteiger partial charge in [-0.3, -0.25) is 9.36 Å². The molecule has 3 aromatic rings. The maximum Gasteiger partial charge on any atom is 0.416 e. The van der Waals surface area contributed by atoms with E-state index in [0.717, 1.165) is 4.68 Å². The van der Waals surface area contributed by atoms with Crippen molar-refractivity contribution in [2.75, 3.05) is 0 Å². The zero-order valence-electron chi connectivity index (χ0n) is 18.0. The van der Waals surface area contributed by atoms with Crippen LogP contribution in [-0.2, 0) is 17.9 Å². The Labute approximate surface area is 212 Å². The van der Waals surface area contributed by atoms with E-state index in [2.05, 4.69) is 5.10 Å². The smallest absolute Gasteiger partial charge is 0.382 e. The summed E-state index contributed by atoms with van der Waals surface area (Å²) in [5.74, 6) is -0.574. The van der Waals surface area contributed by atoms with E-state index in [-0.39, 0.29) is 29.3 Å². The van der Waals surface area contributed by atoms with E-state index in [0.29, 0.717) is 20.2 Å². The predicted octanol–water partition coefficient (Wildman–Crippen LogP) is 4.64. The van der Waals surface area contributed by atoms with Crippen LogP contribution in [-0.4, -0.2) is 37.5 Å². The van der Waals surface area contributed by atoms with Crippen LogP contribution in [0.4, 0.5) is 13.2 Å². The van der Waals surface area contributed by atoms with Gasteiger partial charge in [0.2, 0.25) is 0 Å². The minimum Gasteiger partial charge on any atom is -0.382 e. The van der Waals surface area contributed by atoms with Gasteiger partial charge in [-0.05, 0) is 42.3 Å². The van der Waals surface area contributed by atoms with Crippen molar-refractivity contribution in [3.05, 3.63) is 73.6 Å². The molecule has 0 fully saturated rings. The number of carbonyl (C=O) groups is 1. The third-order valence-corrected chi connectivity index (χ3v) is 6.29. The van der Waals surface area contributed by atoms with Gasteiger partial charge in [-0.1, -0.05) is 46.9 Å². The predicted molar refractivity (Wildman–Crippen MR) is 127 cm³/mol. The molecule has 2 aromatic carbocycles. The molecule has 0 saturated heterocycles. The molecule has 2 atom stereocenters. The summed E-state index contributed by atoms with van der Waals surface area (Å²) in [5, 5.41) is 14.5. The quantitative estimate of drug-likeness (QED) is 0.403. The number of aromatic nitrogens is 3. The van der Waals surface area contributed by atoms with Crippen molar-refractivity contribution >= 4 is 40.6 Å². The number of benzene rings is 2. The lowest BCUT2D eigenvalue weighted by molar-refractivity contribution is -0.207. The molecular weight excluding hydrogens is 532 g/mol. The molecule has 0 aliphatic carbocycles. The summed E-state index contributed by atoms with van der Waals surface area (Å²) < 4.78 is 40.3. The first-order valence-corrected chi connectivity index (χ1v) is 11.4. The fourth-order valence-corrected chi connectivity index (χ4v) is 3.90. The van der Waals surface area contributed by atoms with Crippen molar-refractivity contribution in [2.45, 2.75) is 44.3 Å². The second-order valence-corrected chi connectivity index (χ2v) is 8.99. The van der Waals surface area contributed by atoms with Gasteiger partial charge < -0.3 is 10.8 Å². The summed E-state index contributed by atoms with van der Waals surface area (Å²) in [7, 11) is 0. The van der Waals surface area contributed by atoms with Crippen molar-refractivity contribution in [2.24, 2.45) is 5.73 Å². The number of rotatable bonds is 9. The molecule has 35 heavy (non-hydrogen) atoms. The number of aliphatic hydroxyl groups excluding tert-OH is 1. The molecule has 0 bridgehead atoms. The number of Topliss-reactive ketones (excluding diaryl/α,β-unsaturated/α-hetero) is 1. The highest BCUT2D eigenvalue weighted by Gasteiger charge is 2.39. The van der Waals surface area contributed by atoms with Gasteiger partial charge in [0, 0.05) is 23.0 Å². The third-order valence-electron chi connectivity index (χ3n) is 5.20. The molecule has 0 saturated carbocycles. The van der Waals surface area contributed by atoms with Crippen molar-refractivity contribution < 1.29 is 23.1 Å². The summed E-state index contributed by atoms with van der Waals surface area (Å²) in [5.41, 5.74) is 5.98. The molecule has 0 amide bonds. The van der Waals surface area contributed by atoms with Crippen LogP contribution in [0.3, 0.4) is 0 Å². The van der Waals surface area contributed by atoms with Gasteiger partial charge in [0.1, 0.15) is 6.54 Å². The molecule has 0 radical (unpaired) electrons. The van der Waals surface area contributed by atoms with Crippen molar-refractivity contribution in [1.29, 1.82) is 0 Å². The second-order valence-electron chi connectivity index (χ2n) is 7.77. The van der Waals surface area contributed by atoms with Gasteiger partial charge in [-0.25, -0.2) is 9.48 Å². The Morgan fingerprint density at radius 3 is 2.40 bits per heavy atom. The zero-order chi connectivity index (χ0) is 25.9. The number of alkyl halides is 3. The number of carbonyl (C=O) groups excluding carboxylic acids is 1. The maximum absolute atomic E-state index is 12.9. The van der Waals surface area contributed by atoms with E-state index in [9.17, 15) is 27.9 Å². The molecular formula is C22H20Cl3F3N4O3. The van der Waals surface area contributed by atoms with Crippen molar-refractivity contribution in [1.82, 2.24) is 14.3 Å². The molecule has 1 aromatic heterocycles.